The second-order valence-corrected chi connectivity index (χ2v) is 6.80. The van der Waals surface area contributed by atoms with Crippen molar-refractivity contribution in [1.29, 1.82) is 0 Å². The minimum Gasteiger partial charge on any atom is -0.379 e. The van der Waals surface area contributed by atoms with Crippen molar-refractivity contribution < 1.29 is 4.74 Å². The minimum absolute atomic E-state index is 0.0254. The second kappa shape index (κ2) is 5.81. The van der Waals surface area contributed by atoms with Crippen LogP contribution in [0.4, 0.5) is 0 Å². The largest absolute Gasteiger partial charge is 0.379 e. The zero-order valence-electron chi connectivity index (χ0n) is 9.27. The Morgan fingerprint density at radius 1 is 1.31 bits per heavy atom. The van der Waals surface area contributed by atoms with Crippen LogP contribution >= 0.6 is 0 Å². The van der Waals surface area contributed by atoms with Gasteiger partial charge in [-0.3, -0.25) is 0 Å². The van der Waals surface area contributed by atoms with Crippen molar-refractivity contribution >= 4 is 9.52 Å². The smallest absolute Gasteiger partial charge is 0.0595 e. The first-order chi connectivity index (χ1) is 6.33. The first-order valence-electron chi connectivity index (χ1n) is 5.97. The topological polar surface area (TPSA) is 9.23 Å². The summed E-state index contributed by atoms with van der Waals surface area (Å²) < 4.78 is 6.02. The van der Waals surface area contributed by atoms with Crippen LogP contribution < -0.4 is 0 Å². The highest BCUT2D eigenvalue weighted by atomic mass is 28.2. The standard InChI is InChI=1S/C11H24OSi/c1-3-5-10-13-11(4-2)8-6-7-9-12-11/h3-10,13H2,1-2H3. The van der Waals surface area contributed by atoms with Crippen molar-refractivity contribution in [2.45, 2.75) is 63.6 Å². The molecule has 0 amide bonds. The highest BCUT2D eigenvalue weighted by Crippen LogP contribution is 2.28. The maximum atomic E-state index is 6.02. The van der Waals surface area contributed by atoms with Crippen LogP contribution in [0.1, 0.15) is 52.4 Å². The van der Waals surface area contributed by atoms with Gasteiger partial charge in [0.05, 0.1) is 14.7 Å². The van der Waals surface area contributed by atoms with Crippen molar-refractivity contribution in [3.8, 4) is 0 Å². The third-order valence-electron chi connectivity index (χ3n) is 3.32. The summed E-state index contributed by atoms with van der Waals surface area (Å²) in [5, 5.41) is 0.410. The Morgan fingerprint density at radius 3 is 2.69 bits per heavy atom. The normalized spacial score (nSPS) is 30.0. The average molecular weight is 200 g/mol. The van der Waals surface area contributed by atoms with Gasteiger partial charge in [0, 0.05) is 6.61 Å². The summed E-state index contributed by atoms with van der Waals surface area (Å²) in [6.45, 7) is 5.63. The van der Waals surface area contributed by atoms with E-state index in [0.29, 0.717) is 5.22 Å². The first-order valence-corrected chi connectivity index (χ1v) is 7.67. The van der Waals surface area contributed by atoms with E-state index in [1.165, 1.54) is 44.6 Å². The summed E-state index contributed by atoms with van der Waals surface area (Å²) in [7, 11) is 0.0254. The van der Waals surface area contributed by atoms with Crippen LogP contribution in [0.3, 0.4) is 0 Å². The fourth-order valence-electron chi connectivity index (χ4n) is 2.26. The SMILES string of the molecule is CCCC[SiH2]C1(CC)CCCCO1. The molecule has 0 radical (unpaired) electrons. The molecule has 0 spiro atoms. The van der Waals surface area contributed by atoms with Gasteiger partial charge in [0.25, 0.3) is 0 Å². The highest BCUT2D eigenvalue weighted by Gasteiger charge is 2.30. The quantitative estimate of drug-likeness (QED) is 0.490. The lowest BCUT2D eigenvalue weighted by atomic mass is 10.1. The molecule has 0 aromatic rings. The van der Waals surface area contributed by atoms with Crippen molar-refractivity contribution in [1.82, 2.24) is 0 Å². The Balaban J connectivity index is 2.29. The Bertz CT molecular complexity index is 130. The number of hydrogen-bond donors (Lipinski definition) is 0. The first kappa shape index (κ1) is 11.3. The maximum absolute atomic E-state index is 6.02. The number of ether oxygens (including phenoxy) is 1. The van der Waals surface area contributed by atoms with Crippen molar-refractivity contribution in [2.24, 2.45) is 0 Å². The molecule has 1 heterocycles. The summed E-state index contributed by atoms with van der Waals surface area (Å²) >= 11 is 0. The van der Waals surface area contributed by atoms with Crippen LogP contribution in [0, 0.1) is 0 Å². The van der Waals surface area contributed by atoms with Crippen LogP contribution in [0.5, 0.6) is 0 Å². The molecular formula is C11H24OSi. The molecule has 1 atom stereocenters. The van der Waals surface area contributed by atoms with Gasteiger partial charge in [-0.05, 0) is 25.7 Å². The summed E-state index contributed by atoms with van der Waals surface area (Å²) in [6.07, 6.45) is 8.11. The molecule has 1 fully saturated rings. The molecule has 0 aromatic heterocycles. The summed E-state index contributed by atoms with van der Waals surface area (Å²) in [5.41, 5.74) is 0. The molecule has 1 unspecified atom stereocenters. The van der Waals surface area contributed by atoms with Crippen LogP contribution in [0.15, 0.2) is 0 Å². The number of hydrogen-bond acceptors (Lipinski definition) is 1. The van der Waals surface area contributed by atoms with E-state index in [9.17, 15) is 0 Å². The lowest BCUT2D eigenvalue weighted by molar-refractivity contribution is -0.0225. The molecule has 0 saturated carbocycles. The van der Waals surface area contributed by atoms with Crippen molar-refractivity contribution in [3.05, 3.63) is 0 Å². The molecule has 2 heteroatoms. The van der Waals surface area contributed by atoms with Crippen LogP contribution in [-0.4, -0.2) is 21.4 Å². The van der Waals surface area contributed by atoms with Gasteiger partial charge in [0.15, 0.2) is 0 Å². The molecule has 0 aliphatic carbocycles. The fourth-order valence-corrected chi connectivity index (χ4v) is 4.80. The summed E-state index contributed by atoms with van der Waals surface area (Å²) in [5.74, 6) is 0. The molecule has 1 nitrogen and oxygen atoms in total. The number of rotatable bonds is 5. The van der Waals surface area contributed by atoms with E-state index >= 15 is 0 Å². The average Bonchev–Trinajstić information content (AvgIpc) is 2.20. The molecule has 1 rings (SSSR count). The molecule has 0 N–H and O–H groups in total. The Kier molecular flexibility index (Phi) is 5.03. The van der Waals surface area contributed by atoms with E-state index in [0.717, 1.165) is 6.61 Å². The molecule has 78 valence electrons. The van der Waals surface area contributed by atoms with Gasteiger partial charge in [-0.2, -0.15) is 0 Å². The number of unbranched alkanes of at least 4 members (excludes halogenated alkanes) is 1. The maximum Gasteiger partial charge on any atom is 0.0595 e. The summed E-state index contributed by atoms with van der Waals surface area (Å²) in [4.78, 5) is 0. The van der Waals surface area contributed by atoms with Gasteiger partial charge in [-0.15, -0.1) is 0 Å². The van der Waals surface area contributed by atoms with E-state index in [-0.39, 0.29) is 9.52 Å². The Morgan fingerprint density at radius 2 is 2.15 bits per heavy atom. The van der Waals surface area contributed by atoms with E-state index < -0.39 is 0 Å². The van der Waals surface area contributed by atoms with Crippen LogP contribution in [0.2, 0.25) is 6.04 Å². The predicted octanol–water partition coefficient (Wildman–Crippen LogP) is 2.68. The lowest BCUT2D eigenvalue weighted by Gasteiger charge is -2.36. The molecule has 1 saturated heterocycles. The molecule has 1 aliphatic rings. The predicted molar refractivity (Wildman–Crippen MR) is 61.1 cm³/mol. The van der Waals surface area contributed by atoms with E-state index in [1.807, 2.05) is 0 Å². The highest BCUT2D eigenvalue weighted by molar-refractivity contribution is 6.39. The third kappa shape index (κ3) is 3.43. The Hall–Kier alpha value is 0.177. The molecule has 1 aliphatic heterocycles. The fraction of sp³-hybridized carbons (Fsp3) is 1.00. The monoisotopic (exact) mass is 200 g/mol. The van der Waals surface area contributed by atoms with Crippen molar-refractivity contribution in [3.63, 3.8) is 0 Å². The molecule has 0 bridgehead atoms. The molecular weight excluding hydrogens is 176 g/mol. The third-order valence-corrected chi connectivity index (χ3v) is 6.14. The van der Waals surface area contributed by atoms with Gasteiger partial charge < -0.3 is 4.74 Å². The van der Waals surface area contributed by atoms with Gasteiger partial charge in [-0.25, -0.2) is 0 Å². The van der Waals surface area contributed by atoms with E-state index in [2.05, 4.69) is 13.8 Å². The van der Waals surface area contributed by atoms with Crippen LogP contribution in [0.25, 0.3) is 0 Å². The minimum atomic E-state index is 0.0254. The van der Waals surface area contributed by atoms with Gasteiger partial charge in [0.2, 0.25) is 0 Å². The Labute approximate surface area is 85.1 Å². The lowest BCUT2D eigenvalue weighted by Crippen LogP contribution is -2.41. The van der Waals surface area contributed by atoms with E-state index in [4.69, 9.17) is 4.74 Å². The van der Waals surface area contributed by atoms with Gasteiger partial charge in [-0.1, -0.05) is 32.7 Å². The van der Waals surface area contributed by atoms with Gasteiger partial charge in [0.1, 0.15) is 0 Å². The van der Waals surface area contributed by atoms with Crippen LogP contribution in [-0.2, 0) is 4.74 Å². The summed E-state index contributed by atoms with van der Waals surface area (Å²) in [6, 6.07) is 1.49. The molecule has 0 aromatic carbocycles. The molecule has 13 heavy (non-hydrogen) atoms. The van der Waals surface area contributed by atoms with E-state index in [1.54, 1.807) is 0 Å². The zero-order valence-corrected chi connectivity index (χ0v) is 10.7. The van der Waals surface area contributed by atoms with Crippen molar-refractivity contribution in [2.75, 3.05) is 6.61 Å². The zero-order chi connectivity index (χ0) is 9.57. The van der Waals surface area contributed by atoms with Gasteiger partial charge >= 0.3 is 0 Å². The second-order valence-electron chi connectivity index (χ2n) is 4.30.